The number of hydrazone groups is 1. The van der Waals surface area contributed by atoms with E-state index >= 15 is 0 Å². The molecule has 0 unspecified atom stereocenters. The molecule has 0 saturated heterocycles. The van der Waals surface area contributed by atoms with E-state index in [0.29, 0.717) is 55.1 Å². The smallest absolute Gasteiger partial charge is 0.345 e. The van der Waals surface area contributed by atoms with Crippen molar-refractivity contribution in [3.05, 3.63) is 105 Å². The van der Waals surface area contributed by atoms with Crippen LogP contribution >= 0.6 is 22.9 Å². The van der Waals surface area contributed by atoms with Crippen molar-refractivity contribution in [1.29, 1.82) is 0 Å². The van der Waals surface area contributed by atoms with Crippen LogP contribution in [0.2, 0.25) is 5.02 Å². The number of methoxy groups -OCH3 is 1. The first-order valence-electron chi connectivity index (χ1n) is 12.5. The number of aromatic nitrogens is 3. The van der Waals surface area contributed by atoms with E-state index in [4.69, 9.17) is 31.0 Å². The van der Waals surface area contributed by atoms with E-state index < -0.39 is 15.6 Å². The molecule has 11 nitrogen and oxygen atoms in total. The zero-order chi connectivity index (χ0) is 30.1. The largest absolute Gasteiger partial charge is 0.497 e. The number of ether oxygens (including phenoxy) is 1. The Morgan fingerprint density at radius 2 is 1.86 bits per heavy atom. The normalized spacial score (nSPS) is 11.8. The first kappa shape index (κ1) is 28.3. The number of rotatable bonds is 8. The molecular weight excluding hydrogens is 612 g/mol. The van der Waals surface area contributed by atoms with Crippen molar-refractivity contribution in [3.8, 4) is 34.0 Å². The molecule has 0 fully saturated rings. The average molecular weight is 633 g/mol. The Hall–Kier alpha value is -4.82. The molecule has 6 aromatic rings. The molecule has 3 heterocycles. The zero-order valence-corrected chi connectivity index (χ0v) is 24.7. The summed E-state index contributed by atoms with van der Waals surface area (Å²) in [6.45, 7) is 0. The lowest BCUT2D eigenvalue weighted by atomic mass is 10.1. The third-order valence-corrected chi connectivity index (χ3v) is 8.29. The number of hydrogen-bond acceptors (Lipinski definition) is 10. The number of anilines is 1. The molecule has 14 heteroatoms. The van der Waals surface area contributed by atoms with Gasteiger partial charge in [0.2, 0.25) is 15.2 Å². The van der Waals surface area contributed by atoms with Crippen LogP contribution in [0.3, 0.4) is 0 Å². The van der Waals surface area contributed by atoms with Crippen LogP contribution in [0, 0.1) is 0 Å². The summed E-state index contributed by atoms with van der Waals surface area (Å²) < 4.78 is 35.6. The molecule has 216 valence electrons. The predicted molar refractivity (Wildman–Crippen MR) is 167 cm³/mol. The van der Waals surface area contributed by atoms with Crippen LogP contribution in [0.25, 0.3) is 39.2 Å². The molecule has 0 atom stereocenters. The Morgan fingerprint density at radius 3 is 2.58 bits per heavy atom. The molecule has 0 aliphatic carbocycles. The number of nitrogens with one attached hydrogen (secondary N) is 1. The lowest BCUT2D eigenvalue weighted by molar-refractivity contribution is 0.415. The van der Waals surface area contributed by atoms with Crippen LogP contribution in [-0.2, 0) is 10.0 Å². The number of thiazole rings is 1. The molecule has 0 amide bonds. The lowest BCUT2D eigenvalue weighted by Gasteiger charge is -2.03. The zero-order valence-electron chi connectivity index (χ0n) is 22.3. The van der Waals surface area contributed by atoms with Gasteiger partial charge < -0.3 is 9.15 Å². The highest BCUT2D eigenvalue weighted by molar-refractivity contribution is 7.89. The van der Waals surface area contributed by atoms with E-state index in [0.717, 1.165) is 5.56 Å². The van der Waals surface area contributed by atoms with Gasteiger partial charge in [0.25, 0.3) is 0 Å². The van der Waals surface area contributed by atoms with Gasteiger partial charge in [-0.3, -0.25) is 5.43 Å². The molecular formula is C29H21ClN6O5S2. The Kier molecular flexibility index (Phi) is 7.54. The van der Waals surface area contributed by atoms with Gasteiger partial charge in [-0.15, -0.1) is 11.3 Å². The number of nitrogens with two attached hydrogens (primary N) is 1. The van der Waals surface area contributed by atoms with E-state index in [9.17, 15) is 13.2 Å². The predicted octanol–water partition coefficient (Wildman–Crippen LogP) is 5.52. The quantitative estimate of drug-likeness (QED) is 0.126. The molecule has 0 saturated carbocycles. The summed E-state index contributed by atoms with van der Waals surface area (Å²) in [6, 6.07) is 20.2. The summed E-state index contributed by atoms with van der Waals surface area (Å²) in [7, 11) is -2.24. The highest BCUT2D eigenvalue weighted by Gasteiger charge is 2.14. The van der Waals surface area contributed by atoms with Gasteiger partial charge in [0.05, 0.1) is 35.2 Å². The Bertz CT molecular complexity index is 2150. The Balaban J connectivity index is 1.29. The van der Waals surface area contributed by atoms with Crippen LogP contribution in [0.5, 0.6) is 5.75 Å². The first-order chi connectivity index (χ1) is 20.7. The van der Waals surface area contributed by atoms with Crippen molar-refractivity contribution in [2.75, 3.05) is 12.5 Å². The maximum absolute atomic E-state index is 12.6. The molecule has 0 bridgehead atoms. The second-order valence-electron chi connectivity index (χ2n) is 9.18. The Morgan fingerprint density at radius 1 is 1.09 bits per heavy atom. The van der Waals surface area contributed by atoms with Gasteiger partial charge in [-0.25, -0.2) is 28.0 Å². The fraction of sp³-hybridized carbons (Fsp3) is 0.0345. The third-order valence-electron chi connectivity index (χ3n) is 6.37. The molecule has 0 radical (unpaired) electrons. The molecule has 3 aromatic heterocycles. The van der Waals surface area contributed by atoms with Crippen molar-refractivity contribution in [1.82, 2.24) is 14.8 Å². The summed E-state index contributed by atoms with van der Waals surface area (Å²) in [5.74, 6) is 0.696. The fourth-order valence-corrected chi connectivity index (χ4v) is 5.61. The topological polar surface area (TPSA) is 155 Å². The maximum atomic E-state index is 12.6. The van der Waals surface area contributed by atoms with E-state index in [1.165, 1.54) is 23.5 Å². The van der Waals surface area contributed by atoms with Crippen molar-refractivity contribution >= 4 is 55.3 Å². The van der Waals surface area contributed by atoms with Crippen molar-refractivity contribution in [2.45, 2.75) is 4.90 Å². The number of benzene rings is 3. The fourth-order valence-electron chi connectivity index (χ4n) is 4.25. The highest BCUT2D eigenvalue weighted by atomic mass is 35.5. The molecule has 3 N–H and O–H groups in total. The second-order valence-corrected chi connectivity index (χ2v) is 12.0. The van der Waals surface area contributed by atoms with Gasteiger partial charge in [0.1, 0.15) is 17.0 Å². The minimum atomic E-state index is -3.83. The standard InChI is InChI=1S/C29H21ClN6O5S2/c1-40-22-7-2-17(3-8-22)27-19(15-36(35-27)21-5-9-23(10-6-21)43(31,38)39)14-32-34-29-33-25(16-42-29)24-13-18-12-20(30)4-11-26(18)41-28(24)37/h2-16H,1H3,(H,33,34)(H2,31,38,39)/b32-14-. The summed E-state index contributed by atoms with van der Waals surface area (Å²) >= 11 is 7.36. The molecule has 0 spiro atoms. The molecule has 0 aliphatic heterocycles. The number of primary sulfonamides is 1. The number of nitrogens with zero attached hydrogens (tertiary/aromatic N) is 4. The summed E-state index contributed by atoms with van der Waals surface area (Å²) in [4.78, 5) is 17.1. The van der Waals surface area contributed by atoms with E-state index in [1.807, 2.05) is 24.3 Å². The first-order valence-corrected chi connectivity index (χ1v) is 15.3. The van der Waals surface area contributed by atoms with Crippen LogP contribution < -0.4 is 20.9 Å². The number of fused-ring (bicyclic) bond motifs is 1. The number of sulfonamides is 1. The lowest BCUT2D eigenvalue weighted by Crippen LogP contribution is -2.12. The maximum Gasteiger partial charge on any atom is 0.345 e. The van der Waals surface area contributed by atoms with Gasteiger partial charge in [-0.1, -0.05) is 11.6 Å². The van der Waals surface area contributed by atoms with Crippen LogP contribution in [-0.4, -0.2) is 36.5 Å². The Labute approximate surface area is 253 Å². The van der Waals surface area contributed by atoms with E-state index in [-0.39, 0.29) is 4.90 Å². The van der Waals surface area contributed by atoms with Crippen LogP contribution in [0.1, 0.15) is 5.56 Å². The van der Waals surface area contributed by atoms with Crippen molar-refractivity contribution in [3.63, 3.8) is 0 Å². The van der Waals surface area contributed by atoms with Gasteiger partial charge in [0.15, 0.2) is 0 Å². The monoisotopic (exact) mass is 632 g/mol. The highest BCUT2D eigenvalue weighted by Crippen LogP contribution is 2.28. The van der Waals surface area contributed by atoms with E-state index in [1.54, 1.807) is 66.0 Å². The summed E-state index contributed by atoms with van der Waals surface area (Å²) in [6.07, 6.45) is 3.35. The van der Waals surface area contributed by atoms with Crippen molar-refractivity contribution in [2.24, 2.45) is 10.2 Å². The third kappa shape index (κ3) is 6.05. The minimum Gasteiger partial charge on any atom is -0.497 e. The number of halogens is 1. The van der Waals surface area contributed by atoms with E-state index in [2.05, 4.69) is 15.5 Å². The van der Waals surface area contributed by atoms with Crippen molar-refractivity contribution < 1.29 is 17.6 Å². The van der Waals surface area contributed by atoms with Gasteiger partial charge in [-0.05, 0) is 72.8 Å². The molecule has 0 aliphatic rings. The van der Waals surface area contributed by atoms with Crippen LogP contribution in [0.4, 0.5) is 5.13 Å². The second kappa shape index (κ2) is 11.5. The van der Waals surface area contributed by atoms with Crippen LogP contribution in [0.15, 0.2) is 104 Å². The SMILES string of the molecule is COc1ccc(-c2nn(-c3ccc(S(N)(=O)=O)cc3)cc2/C=N\Nc2nc(-c3cc4cc(Cl)ccc4oc3=O)cs2)cc1. The average Bonchev–Trinajstić information content (AvgIpc) is 3.64. The molecule has 3 aromatic carbocycles. The minimum absolute atomic E-state index is 0.00199. The summed E-state index contributed by atoms with van der Waals surface area (Å²) in [5.41, 5.74) is 6.29. The molecule has 6 rings (SSSR count). The summed E-state index contributed by atoms with van der Waals surface area (Å²) in [5, 5.41) is 17.7. The van der Waals surface area contributed by atoms with Gasteiger partial charge in [-0.2, -0.15) is 10.2 Å². The number of hydrogen-bond donors (Lipinski definition) is 2. The van der Waals surface area contributed by atoms with Gasteiger partial charge in [0, 0.05) is 33.1 Å². The molecule has 43 heavy (non-hydrogen) atoms. The van der Waals surface area contributed by atoms with Gasteiger partial charge >= 0.3 is 5.63 Å².